The minimum atomic E-state index is -3.52. The second-order valence-corrected chi connectivity index (χ2v) is 12.1. The summed E-state index contributed by atoms with van der Waals surface area (Å²) in [4.78, 5) is 13.2. The van der Waals surface area contributed by atoms with Crippen molar-refractivity contribution in [2.45, 2.75) is 52.3 Å². The Morgan fingerprint density at radius 3 is 2.32 bits per heavy atom. The van der Waals surface area contributed by atoms with Crippen LogP contribution in [0.5, 0.6) is 11.5 Å². The van der Waals surface area contributed by atoms with Crippen LogP contribution in [0.1, 0.15) is 58.9 Å². The van der Waals surface area contributed by atoms with E-state index in [0.29, 0.717) is 23.4 Å². The van der Waals surface area contributed by atoms with Crippen molar-refractivity contribution < 1.29 is 22.7 Å². The molecule has 1 heterocycles. The second kappa shape index (κ2) is 10.1. The third-order valence-electron chi connectivity index (χ3n) is 6.61. The van der Waals surface area contributed by atoms with Crippen LogP contribution in [0.2, 0.25) is 0 Å². The first-order valence-corrected chi connectivity index (χ1v) is 14.0. The molecule has 0 saturated heterocycles. The van der Waals surface area contributed by atoms with Gasteiger partial charge in [0.05, 0.1) is 31.6 Å². The summed E-state index contributed by atoms with van der Waals surface area (Å²) in [6, 6.07) is 18.1. The number of methoxy groups -OCH3 is 1. The highest BCUT2D eigenvalue weighted by atomic mass is 32.2. The fourth-order valence-corrected chi connectivity index (χ4v) is 5.82. The van der Waals surface area contributed by atoms with E-state index in [9.17, 15) is 13.2 Å². The summed E-state index contributed by atoms with van der Waals surface area (Å²) in [5.74, 6) is 1.22. The maximum absolute atomic E-state index is 13.2. The SMILES string of the molecule is COc1ccc2c(c1)[C@H](NC(=O)c1ccc(CN(c3c(C)cccc3C)S(C)(=O)=O)cc1)CC(C)(C)O2. The van der Waals surface area contributed by atoms with Gasteiger partial charge in [-0.05, 0) is 74.7 Å². The van der Waals surface area contributed by atoms with Crippen LogP contribution >= 0.6 is 0 Å². The standard InChI is InChI=1S/C29H34N2O5S/c1-19-8-7-9-20(2)27(19)31(37(6,33)34)18-21-10-12-22(13-11-21)28(32)30-25-17-29(3,4)36-26-15-14-23(35-5)16-24(25)26/h7-16,25H,17-18H2,1-6H3,(H,30,32)/t25-/m1/s1. The molecule has 196 valence electrons. The molecule has 1 amide bonds. The van der Waals surface area contributed by atoms with Crippen molar-refractivity contribution >= 4 is 21.6 Å². The molecule has 0 radical (unpaired) electrons. The largest absolute Gasteiger partial charge is 0.497 e. The molecular formula is C29H34N2O5S. The van der Waals surface area contributed by atoms with Gasteiger partial charge in [0.15, 0.2) is 0 Å². The Kier molecular flexibility index (Phi) is 7.24. The monoisotopic (exact) mass is 522 g/mol. The number of carbonyl (C=O) groups is 1. The number of fused-ring (bicyclic) bond motifs is 1. The van der Waals surface area contributed by atoms with Crippen molar-refractivity contribution in [2.24, 2.45) is 0 Å². The third kappa shape index (κ3) is 5.91. The molecule has 1 atom stereocenters. The fraction of sp³-hybridized carbons (Fsp3) is 0.345. The van der Waals surface area contributed by atoms with E-state index in [-0.39, 0.29) is 18.5 Å². The van der Waals surface area contributed by atoms with Crippen LogP contribution in [-0.4, -0.2) is 33.3 Å². The van der Waals surface area contributed by atoms with Gasteiger partial charge in [0.25, 0.3) is 5.91 Å². The molecule has 8 heteroatoms. The molecule has 37 heavy (non-hydrogen) atoms. The average Bonchev–Trinajstić information content (AvgIpc) is 2.82. The Balaban J connectivity index is 1.55. The molecule has 0 saturated carbocycles. The van der Waals surface area contributed by atoms with Gasteiger partial charge in [-0.15, -0.1) is 0 Å². The average molecular weight is 523 g/mol. The van der Waals surface area contributed by atoms with E-state index >= 15 is 0 Å². The zero-order valence-corrected chi connectivity index (χ0v) is 23.0. The highest BCUT2D eigenvalue weighted by molar-refractivity contribution is 7.92. The third-order valence-corrected chi connectivity index (χ3v) is 7.72. The van der Waals surface area contributed by atoms with E-state index in [2.05, 4.69) is 5.32 Å². The van der Waals surface area contributed by atoms with E-state index in [4.69, 9.17) is 9.47 Å². The number of amides is 1. The molecule has 0 spiro atoms. The number of anilines is 1. The van der Waals surface area contributed by atoms with Gasteiger partial charge in [0, 0.05) is 17.5 Å². The van der Waals surface area contributed by atoms with E-state index in [1.807, 2.05) is 64.1 Å². The Hall–Kier alpha value is -3.52. The Morgan fingerprint density at radius 2 is 1.73 bits per heavy atom. The first kappa shape index (κ1) is 26.5. The number of aryl methyl sites for hydroxylation is 2. The quantitative estimate of drug-likeness (QED) is 0.455. The molecule has 1 aliphatic heterocycles. The number of sulfonamides is 1. The van der Waals surface area contributed by atoms with Gasteiger partial charge in [-0.3, -0.25) is 9.10 Å². The molecule has 0 fully saturated rings. The van der Waals surface area contributed by atoms with Crippen molar-refractivity contribution in [3.63, 3.8) is 0 Å². The van der Waals surface area contributed by atoms with Crippen LogP contribution < -0.4 is 19.1 Å². The van der Waals surface area contributed by atoms with Gasteiger partial charge in [0.1, 0.15) is 17.1 Å². The van der Waals surface area contributed by atoms with Crippen molar-refractivity contribution in [1.29, 1.82) is 0 Å². The van der Waals surface area contributed by atoms with Crippen molar-refractivity contribution in [3.8, 4) is 11.5 Å². The summed E-state index contributed by atoms with van der Waals surface area (Å²) in [6.07, 6.45) is 1.82. The molecule has 0 unspecified atom stereocenters. The van der Waals surface area contributed by atoms with Gasteiger partial charge < -0.3 is 14.8 Å². The summed E-state index contributed by atoms with van der Waals surface area (Å²) in [5, 5.41) is 3.14. The van der Waals surface area contributed by atoms with Crippen LogP contribution in [0, 0.1) is 13.8 Å². The van der Waals surface area contributed by atoms with Crippen LogP contribution in [0.3, 0.4) is 0 Å². The second-order valence-electron chi connectivity index (χ2n) is 10.2. The molecule has 0 bridgehead atoms. The minimum Gasteiger partial charge on any atom is -0.497 e. The lowest BCUT2D eigenvalue weighted by molar-refractivity contribution is 0.0618. The van der Waals surface area contributed by atoms with Crippen molar-refractivity contribution in [3.05, 3.63) is 88.5 Å². The number of rotatable bonds is 7. The Morgan fingerprint density at radius 1 is 1.08 bits per heavy atom. The molecular weight excluding hydrogens is 488 g/mol. The zero-order valence-electron chi connectivity index (χ0n) is 22.2. The highest BCUT2D eigenvalue weighted by Gasteiger charge is 2.35. The normalized spacial score (nSPS) is 16.3. The number of benzene rings is 3. The molecule has 0 aromatic heterocycles. The molecule has 4 rings (SSSR count). The number of para-hydroxylation sites is 1. The van der Waals surface area contributed by atoms with Crippen LogP contribution in [0.15, 0.2) is 60.7 Å². The smallest absolute Gasteiger partial charge is 0.251 e. The lowest BCUT2D eigenvalue weighted by atomic mass is 9.89. The van der Waals surface area contributed by atoms with Gasteiger partial charge in [-0.25, -0.2) is 8.42 Å². The lowest BCUT2D eigenvalue weighted by Crippen LogP contribution is -2.41. The summed E-state index contributed by atoms with van der Waals surface area (Å²) >= 11 is 0. The molecule has 7 nitrogen and oxygen atoms in total. The summed E-state index contributed by atoms with van der Waals surface area (Å²) < 4.78 is 38.3. The summed E-state index contributed by atoms with van der Waals surface area (Å²) in [6.45, 7) is 7.97. The van der Waals surface area contributed by atoms with Crippen LogP contribution in [-0.2, 0) is 16.6 Å². The predicted octanol–water partition coefficient (Wildman–Crippen LogP) is 5.31. The maximum Gasteiger partial charge on any atom is 0.251 e. The number of ether oxygens (including phenoxy) is 2. The predicted molar refractivity (Wildman–Crippen MR) is 146 cm³/mol. The molecule has 1 aliphatic rings. The molecule has 0 aliphatic carbocycles. The first-order chi connectivity index (χ1) is 17.4. The number of nitrogens with zero attached hydrogens (tertiary/aromatic N) is 1. The van der Waals surface area contributed by atoms with Gasteiger partial charge in [0.2, 0.25) is 10.0 Å². The van der Waals surface area contributed by atoms with E-state index in [1.54, 1.807) is 31.4 Å². The topological polar surface area (TPSA) is 84.9 Å². The molecule has 1 N–H and O–H groups in total. The van der Waals surface area contributed by atoms with Crippen LogP contribution in [0.25, 0.3) is 0 Å². The minimum absolute atomic E-state index is 0.174. The first-order valence-electron chi connectivity index (χ1n) is 12.2. The number of hydrogen-bond acceptors (Lipinski definition) is 5. The summed E-state index contributed by atoms with van der Waals surface area (Å²) in [5.41, 5.74) is 4.17. The fourth-order valence-electron chi connectivity index (χ4n) is 4.82. The molecule has 3 aromatic carbocycles. The van der Waals surface area contributed by atoms with E-state index in [1.165, 1.54) is 10.6 Å². The number of hydrogen-bond donors (Lipinski definition) is 1. The van der Waals surface area contributed by atoms with E-state index in [0.717, 1.165) is 28.0 Å². The highest BCUT2D eigenvalue weighted by Crippen LogP contribution is 2.41. The van der Waals surface area contributed by atoms with E-state index < -0.39 is 15.6 Å². The molecule has 3 aromatic rings. The number of nitrogens with one attached hydrogen (secondary N) is 1. The summed E-state index contributed by atoms with van der Waals surface area (Å²) in [7, 11) is -1.91. The maximum atomic E-state index is 13.2. The zero-order chi connectivity index (χ0) is 27.0. The lowest BCUT2D eigenvalue weighted by Gasteiger charge is -2.38. The van der Waals surface area contributed by atoms with Crippen molar-refractivity contribution in [2.75, 3.05) is 17.7 Å². The van der Waals surface area contributed by atoms with Gasteiger partial charge >= 0.3 is 0 Å². The van der Waals surface area contributed by atoms with Crippen molar-refractivity contribution in [1.82, 2.24) is 5.32 Å². The van der Waals surface area contributed by atoms with Gasteiger partial charge in [-0.2, -0.15) is 0 Å². The Labute approximate surface area is 219 Å². The van der Waals surface area contributed by atoms with Crippen LogP contribution in [0.4, 0.5) is 5.69 Å². The number of carbonyl (C=O) groups excluding carboxylic acids is 1. The van der Waals surface area contributed by atoms with Gasteiger partial charge in [-0.1, -0.05) is 30.3 Å². The Bertz CT molecular complexity index is 1390.